The van der Waals surface area contributed by atoms with Crippen molar-refractivity contribution in [1.29, 1.82) is 0 Å². The lowest BCUT2D eigenvalue weighted by Crippen LogP contribution is -2.57. The maximum absolute atomic E-state index is 13.5. The zero-order valence-electron chi connectivity index (χ0n) is 18.8. The van der Waals surface area contributed by atoms with E-state index in [1.54, 1.807) is 28.3 Å². The largest absolute Gasteiger partial charge is 0.328 e. The number of likely N-dealkylation sites (tertiary alicyclic amines) is 1. The number of nitrogens with zero attached hydrogens (tertiary/aromatic N) is 3. The van der Waals surface area contributed by atoms with Gasteiger partial charge in [-0.05, 0) is 36.8 Å². The lowest BCUT2D eigenvalue weighted by atomic mass is 9.79. The number of hydrogen-bond donors (Lipinski definition) is 2. The second-order valence-electron chi connectivity index (χ2n) is 9.39. The highest BCUT2D eigenvalue weighted by Crippen LogP contribution is 2.37. The van der Waals surface area contributed by atoms with Gasteiger partial charge in [0.1, 0.15) is 5.70 Å². The second-order valence-corrected chi connectivity index (χ2v) is 10.9. The molecule has 3 N–H and O–H groups in total. The van der Waals surface area contributed by atoms with Gasteiger partial charge in [-0.15, -0.1) is 0 Å². The van der Waals surface area contributed by atoms with E-state index in [0.717, 1.165) is 25.7 Å². The Bertz CT molecular complexity index is 1020. The Kier molecular flexibility index (Phi) is 7.54. The van der Waals surface area contributed by atoms with Crippen LogP contribution in [0.25, 0.3) is 0 Å². The molecule has 0 spiro atoms. The van der Waals surface area contributed by atoms with Crippen LogP contribution in [0.5, 0.6) is 0 Å². The van der Waals surface area contributed by atoms with Gasteiger partial charge in [-0.3, -0.25) is 9.69 Å². The molecule has 3 heterocycles. The molecule has 11 heteroatoms. The number of nitrogens with one attached hydrogen (secondary N) is 1. The van der Waals surface area contributed by atoms with E-state index in [9.17, 15) is 18.4 Å². The first-order chi connectivity index (χ1) is 16.1. The van der Waals surface area contributed by atoms with E-state index >= 15 is 0 Å². The molecular formula is C23H28ClF2N5O2S. The molecule has 1 aromatic heterocycles. The fourth-order valence-corrected chi connectivity index (χ4v) is 5.76. The molecular weight excluding hydrogens is 484 g/mol. The summed E-state index contributed by atoms with van der Waals surface area (Å²) in [5.74, 6) is -0.319. The molecule has 34 heavy (non-hydrogen) atoms. The highest BCUT2D eigenvalue weighted by Gasteiger charge is 2.45. The van der Waals surface area contributed by atoms with E-state index in [-0.39, 0.29) is 37.2 Å². The van der Waals surface area contributed by atoms with Crippen LogP contribution in [0.1, 0.15) is 43.5 Å². The van der Waals surface area contributed by atoms with Crippen LogP contribution in [-0.2, 0) is 9.59 Å². The van der Waals surface area contributed by atoms with Gasteiger partial charge < -0.3 is 16.0 Å². The number of carbonyl (C=O) groups is 1. The van der Waals surface area contributed by atoms with Crippen LogP contribution in [-0.4, -0.2) is 58.2 Å². The Morgan fingerprint density at radius 1 is 1.35 bits per heavy atom. The number of anilines is 1. The summed E-state index contributed by atoms with van der Waals surface area (Å²) in [6.45, 7) is 1.72. The zero-order valence-corrected chi connectivity index (χ0v) is 20.4. The van der Waals surface area contributed by atoms with Gasteiger partial charge in [0.2, 0.25) is 5.91 Å². The number of rotatable bonds is 7. The standard InChI is InChI=1S/C23H28ClF2N5O2S/c1-14-2-4-15(5-3-14)20(27)21(33)29-22-28-8-19(34-22)18(10-30-12-23(25,26)13-30)31-9-16(24)6-7-17(31)11-32/h6-9,14-15,18,20H,2-5,10,12-13,27H2,1H3,(H,28,29,33)/t14?,15?,18?,20-/m0/s1. The monoisotopic (exact) mass is 511 g/mol. The number of hydrogen-bond acceptors (Lipinski definition) is 7. The second kappa shape index (κ2) is 10.3. The van der Waals surface area contributed by atoms with Crippen molar-refractivity contribution < 1.29 is 18.4 Å². The third kappa shape index (κ3) is 5.75. The smallest absolute Gasteiger partial charge is 0.272 e. The number of halogens is 3. The number of nitrogens with two attached hydrogens (primary N) is 1. The van der Waals surface area contributed by atoms with Gasteiger partial charge in [0.05, 0.1) is 35.1 Å². The van der Waals surface area contributed by atoms with Crippen LogP contribution >= 0.6 is 22.9 Å². The number of alkyl halides is 2. The zero-order chi connectivity index (χ0) is 24.5. The topological polar surface area (TPSA) is 91.6 Å². The summed E-state index contributed by atoms with van der Waals surface area (Å²) in [7, 11) is 0. The van der Waals surface area contributed by atoms with Crippen LogP contribution in [0.2, 0.25) is 0 Å². The van der Waals surface area contributed by atoms with Crippen molar-refractivity contribution in [3.8, 4) is 0 Å². The minimum Gasteiger partial charge on any atom is -0.328 e. The lowest BCUT2D eigenvalue weighted by Gasteiger charge is -2.42. The Morgan fingerprint density at radius 3 is 2.71 bits per heavy atom. The number of amides is 1. The van der Waals surface area contributed by atoms with Gasteiger partial charge in [0, 0.05) is 18.9 Å². The number of aromatic nitrogens is 1. The quantitative estimate of drug-likeness (QED) is 0.540. The average molecular weight is 512 g/mol. The molecule has 0 radical (unpaired) electrons. The summed E-state index contributed by atoms with van der Waals surface area (Å²) in [4.78, 5) is 32.5. The van der Waals surface area contributed by atoms with E-state index in [1.165, 1.54) is 17.4 Å². The van der Waals surface area contributed by atoms with Crippen molar-refractivity contribution >= 4 is 39.9 Å². The SMILES string of the molecule is CC1CCC([C@H](N)C(=O)Nc2ncc(C(CN3CC(F)(F)C3)N3C=C(Cl)C=CC3=C=O)s2)CC1. The van der Waals surface area contributed by atoms with Crippen molar-refractivity contribution in [2.75, 3.05) is 25.0 Å². The highest BCUT2D eigenvalue weighted by molar-refractivity contribution is 7.15. The van der Waals surface area contributed by atoms with Crippen molar-refractivity contribution in [3.05, 3.63) is 40.2 Å². The van der Waals surface area contributed by atoms with E-state index in [4.69, 9.17) is 17.3 Å². The van der Waals surface area contributed by atoms with Gasteiger partial charge in [-0.2, -0.15) is 0 Å². The minimum atomic E-state index is -2.72. The summed E-state index contributed by atoms with van der Waals surface area (Å²) in [5, 5.41) is 3.57. The Balaban J connectivity index is 1.49. The maximum atomic E-state index is 13.5. The van der Waals surface area contributed by atoms with Gasteiger partial charge >= 0.3 is 0 Å². The molecule has 1 saturated heterocycles. The van der Waals surface area contributed by atoms with Crippen LogP contribution in [0.4, 0.5) is 13.9 Å². The molecule has 2 aliphatic heterocycles. The van der Waals surface area contributed by atoms with Gasteiger partial charge in [0.25, 0.3) is 5.92 Å². The van der Waals surface area contributed by atoms with E-state index < -0.39 is 18.0 Å². The molecule has 184 valence electrons. The summed E-state index contributed by atoms with van der Waals surface area (Å²) in [6.07, 6.45) is 10.2. The molecule has 0 aromatic carbocycles. The number of allylic oxidation sites excluding steroid dienone is 3. The van der Waals surface area contributed by atoms with Gasteiger partial charge in [-0.1, -0.05) is 42.7 Å². The molecule has 2 fully saturated rings. The lowest BCUT2D eigenvalue weighted by molar-refractivity contribution is -0.134. The van der Waals surface area contributed by atoms with Crippen molar-refractivity contribution in [2.45, 2.75) is 50.6 Å². The minimum absolute atomic E-state index is 0.143. The predicted octanol–water partition coefficient (Wildman–Crippen LogP) is 3.89. The van der Waals surface area contributed by atoms with E-state index in [1.807, 2.05) is 5.94 Å². The molecule has 3 aliphatic rings. The average Bonchev–Trinajstić information content (AvgIpc) is 3.24. The Morgan fingerprint density at radius 2 is 2.06 bits per heavy atom. The van der Waals surface area contributed by atoms with Crippen molar-refractivity contribution in [2.24, 2.45) is 17.6 Å². The van der Waals surface area contributed by atoms with Crippen molar-refractivity contribution in [3.63, 3.8) is 0 Å². The third-order valence-electron chi connectivity index (χ3n) is 6.68. The molecule has 1 aliphatic carbocycles. The first-order valence-electron chi connectivity index (χ1n) is 11.4. The molecule has 7 nitrogen and oxygen atoms in total. The fourth-order valence-electron chi connectivity index (χ4n) is 4.68. The highest BCUT2D eigenvalue weighted by atomic mass is 35.5. The normalized spacial score (nSPS) is 26.3. The first-order valence-corrected chi connectivity index (χ1v) is 12.6. The maximum Gasteiger partial charge on any atom is 0.272 e. The number of carbonyl (C=O) groups excluding carboxylic acids is 2. The van der Waals surface area contributed by atoms with Crippen LogP contribution in [0, 0.1) is 11.8 Å². The Hall–Kier alpha value is -2.10. The summed E-state index contributed by atoms with van der Waals surface area (Å²) in [5.41, 5.74) is 6.47. The molecule has 2 atom stereocenters. The molecule has 1 unspecified atom stereocenters. The van der Waals surface area contributed by atoms with E-state index in [0.29, 0.717) is 21.0 Å². The van der Waals surface area contributed by atoms with Crippen LogP contribution in [0.3, 0.4) is 0 Å². The summed E-state index contributed by atoms with van der Waals surface area (Å²) in [6, 6.07) is -1.12. The molecule has 1 amide bonds. The van der Waals surface area contributed by atoms with Crippen LogP contribution < -0.4 is 11.1 Å². The molecule has 1 saturated carbocycles. The molecule has 4 rings (SSSR count). The van der Waals surface area contributed by atoms with Crippen LogP contribution in [0.15, 0.2) is 35.3 Å². The van der Waals surface area contributed by atoms with Gasteiger partial charge in [0.15, 0.2) is 11.1 Å². The summed E-state index contributed by atoms with van der Waals surface area (Å²) >= 11 is 7.38. The molecule has 1 aromatic rings. The van der Waals surface area contributed by atoms with E-state index in [2.05, 4.69) is 17.2 Å². The van der Waals surface area contributed by atoms with Crippen molar-refractivity contribution in [1.82, 2.24) is 14.8 Å². The summed E-state index contributed by atoms with van der Waals surface area (Å²) < 4.78 is 26.9. The third-order valence-corrected chi connectivity index (χ3v) is 7.91. The fraction of sp³-hybridized carbons (Fsp3) is 0.565. The molecule has 0 bridgehead atoms. The predicted molar refractivity (Wildman–Crippen MR) is 128 cm³/mol. The van der Waals surface area contributed by atoms with Gasteiger partial charge in [-0.25, -0.2) is 18.6 Å². The number of thiazole rings is 1. The Labute approximate surface area is 206 Å². The first kappa shape index (κ1) is 25.0.